The van der Waals surface area contributed by atoms with Gasteiger partial charge in [-0.1, -0.05) is 17.8 Å². The minimum atomic E-state index is -0.0300. The van der Waals surface area contributed by atoms with Crippen LogP contribution in [-0.4, -0.2) is 60.6 Å². The van der Waals surface area contributed by atoms with Gasteiger partial charge in [0.2, 0.25) is 5.91 Å². The van der Waals surface area contributed by atoms with E-state index >= 15 is 0 Å². The van der Waals surface area contributed by atoms with Crippen molar-refractivity contribution in [2.75, 3.05) is 45.1 Å². The lowest BCUT2D eigenvalue weighted by molar-refractivity contribution is -0.906. The molecule has 0 aromatic carbocycles. The van der Waals surface area contributed by atoms with E-state index in [1.54, 1.807) is 22.0 Å². The predicted molar refractivity (Wildman–Crippen MR) is 121 cm³/mol. The van der Waals surface area contributed by atoms with E-state index in [-0.39, 0.29) is 17.2 Å². The molecule has 2 aromatic rings. The van der Waals surface area contributed by atoms with Gasteiger partial charge in [-0.05, 0) is 31.2 Å². The number of ether oxygens (including phenoxy) is 1. The van der Waals surface area contributed by atoms with Crippen LogP contribution in [-0.2, 0) is 28.9 Å². The zero-order valence-electron chi connectivity index (χ0n) is 17.2. The van der Waals surface area contributed by atoms with E-state index in [0.29, 0.717) is 18.2 Å². The van der Waals surface area contributed by atoms with Crippen molar-refractivity contribution in [1.82, 2.24) is 14.9 Å². The number of thioether (sulfide) groups is 1. The Hall–Kier alpha value is -1.68. The van der Waals surface area contributed by atoms with Gasteiger partial charge in [0.05, 0.1) is 37.4 Å². The maximum Gasteiger partial charge on any atom is 0.263 e. The van der Waals surface area contributed by atoms with E-state index in [1.165, 1.54) is 33.5 Å². The molecule has 1 fully saturated rings. The maximum atomic E-state index is 13.2. The number of aromatic nitrogens is 2. The van der Waals surface area contributed by atoms with Crippen molar-refractivity contribution in [3.8, 4) is 0 Å². The zero-order valence-corrected chi connectivity index (χ0v) is 18.8. The molecule has 1 saturated heterocycles. The molecular weight excluding hydrogens is 420 g/mol. The fourth-order valence-electron chi connectivity index (χ4n) is 4.09. The number of nitrogens with zero attached hydrogens (tertiary/aromatic N) is 2. The number of amides is 1. The first kappa shape index (κ1) is 21.5. The van der Waals surface area contributed by atoms with E-state index in [2.05, 4.69) is 11.9 Å². The van der Waals surface area contributed by atoms with Crippen molar-refractivity contribution < 1.29 is 14.4 Å². The molecule has 0 radical (unpaired) electrons. The molecule has 1 amide bonds. The van der Waals surface area contributed by atoms with Crippen LogP contribution in [0.5, 0.6) is 0 Å². The first-order valence-electron chi connectivity index (χ1n) is 10.6. The monoisotopic (exact) mass is 449 g/mol. The summed E-state index contributed by atoms with van der Waals surface area (Å²) >= 11 is 2.97. The van der Waals surface area contributed by atoms with Crippen molar-refractivity contribution in [1.29, 1.82) is 0 Å². The van der Waals surface area contributed by atoms with Crippen LogP contribution in [0.1, 0.15) is 23.3 Å². The fraction of sp³-hybridized carbons (Fsp3) is 0.571. The second kappa shape index (κ2) is 10.1. The molecule has 4 rings (SSSR count). The normalized spacial score (nSPS) is 17.1. The Morgan fingerprint density at radius 3 is 2.93 bits per heavy atom. The largest absolute Gasteiger partial charge is 0.370 e. The van der Waals surface area contributed by atoms with Gasteiger partial charge < -0.3 is 15.0 Å². The van der Waals surface area contributed by atoms with E-state index in [9.17, 15) is 9.59 Å². The van der Waals surface area contributed by atoms with Gasteiger partial charge in [-0.3, -0.25) is 14.2 Å². The summed E-state index contributed by atoms with van der Waals surface area (Å²) in [6, 6.07) is 0. The Morgan fingerprint density at radius 2 is 2.13 bits per heavy atom. The number of hydrogen-bond acceptors (Lipinski definition) is 6. The van der Waals surface area contributed by atoms with Gasteiger partial charge in [0.15, 0.2) is 5.16 Å². The highest BCUT2D eigenvalue weighted by Crippen LogP contribution is 2.34. The molecule has 2 aliphatic rings. The summed E-state index contributed by atoms with van der Waals surface area (Å²) in [5.74, 6) is 0.219. The van der Waals surface area contributed by atoms with Crippen LogP contribution in [0.25, 0.3) is 10.2 Å². The summed E-state index contributed by atoms with van der Waals surface area (Å²) < 4.78 is 7.02. The van der Waals surface area contributed by atoms with Gasteiger partial charge >= 0.3 is 0 Å². The molecule has 1 aliphatic heterocycles. The number of carbonyl (C=O) groups is 1. The van der Waals surface area contributed by atoms with Gasteiger partial charge in [-0.15, -0.1) is 17.9 Å². The highest BCUT2D eigenvalue weighted by atomic mass is 32.2. The highest BCUT2D eigenvalue weighted by molar-refractivity contribution is 7.99. The SMILES string of the molecule is C=CCn1c(SCC(=O)NCC[NH+]2CCOCC2)nc2sc3c(c2c1=O)CCCC3. The molecule has 9 heteroatoms. The number of allylic oxidation sites excluding steroid dienone is 1. The quantitative estimate of drug-likeness (QED) is 0.352. The van der Waals surface area contributed by atoms with Crippen molar-refractivity contribution in [3.05, 3.63) is 33.4 Å². The van der Waals surface area contributed by atoms with Crippen molar-refractivity contribution in [2.45, 2.75) is 37.4 Å². The van der Waals surface area contributed by atoms with Crippen molar-refractivity contribution in [2.24, 2.45) is 0 Å². The second-order valence-electron chi connectivity index (χ2n) is 7.74. The minimum Gasteiger partial charge on any atom is -0.370 e. The Kier molecular flexibility index (Phi) is 7.24. The van der Waals surface area contributed by atoms with Gasteiger partial charge in [0, 0.05) is 11.4 Å². The lowest BCUT2D eigenvalue weighted by atomic mass is 9.97. The minimum absolute atomic E-state index is 0.00174. The lowest BCUT2D eigenvalue weighted by Gasteiger charge is -2.23. The number of fused-ring (bicyclic) bond motifs is 3. The van der Waals surface area contributed by atoms with Crippen LogP contribution in [0.15, 0.2) is 22.6 Å². The van der Waals surface area contributed by atoms with Gasteiger partial charge in [-0.25, -0.2) is 4.98 Å². The fourth-order valence-corrected chi connectivity index (χ4v) is 6.23. The molecule has 0 bridgehead atoms. The van der Waals surface area contributed by atoms with Crippen LogP contribution >= 0.6 is 23.1 Å². The molecular formula is C21H29N4O3S2+. The molecule has 2 aromatic heterocycles. The summed E-state index contributed by atoms with van der Waals surface area (Å²) in [4.78, 5) is 33.9. The van der Waals surface area contributed by atoms with E-state index in [4.69, 9.17) is 9.72 Å². The van der Waals surface area contributed by atoms with Crippen molar-refractivity contribution >= 4 is 39.2 Å². The molecule has 0 atom stereocenters. The Balaban J connectivity index is 1.43. The lowest BCUT2D eigenvalue weighted by Crippen LogP contribution is -3.14. The molecule has 0 saturated carbocycles. The summed E-state index contributed by atoms with van der Waals surface area (Å²) in [6.45, 7) is 9.32. The maximum absolute atomic E-state index is 13.2. The van der Waals surface area contributed by atoms with Gasteiger partial charge in [0.25, 0.3) is 5.56 Å². The summed E-state index contributed by atoms with van der Waals surface area (Å²) in [6.07, 6.45) is 6.01. The third-order valence-electron chi connectivity index (χ3n) is 5.68. The van der Waals surface area contributed by atoms with Crippen LogP contribution in [0.2, 0.25) is 0 Å². The van der Waals surface area contributed by atoms with E-state index in [1.807, 2.05) is 0 Å². The average Bonchev–Trinajstić information content (AvgIpc) is 3.14. The number of morpholine rings is 1. The number of carbonyl (C=O) groups excluding carboxylic acids is 1. The third-order valence-corrected chi connectivity index (χ3v) is 7.85. The molecule has 162 valence electrons. The highest BCUT2D eigenvalue weighted by Gasteiger charge is 2.22. The van der Waals surface area contributed by atoms with Gasteiger partial charge in [-0.2, -0.15) is 0 Å². The Labute approximate surface area is 184 Å². The molecule has 0 unspecified atom stereocenters. The number of rotatable bonds is 8. The molecule has 3 heterocycles. The summed E-state index contributed by atoms with van der Waals surface area (Å²) in [5, 5.41) is 4.36. The third kappa shape index (κ3) is 4.80. The number of thiophene rings is 1. The van der Waals surface area contributed by atoms with Crippen LogP contribution in [0.4, 0.5) is 0 Å². The molecule has 2 N–H and O–H groups in total. The topological polar surface area (TPSA) is 77.7 Å². The predicted octanol–water partition coefficient (Wildman–Crippen LogP) is 0.646. The van der Waals surface area contributed by atoms with Crippen LogP contribution < -0.4 is 15.8 Å². The standard InChI is InChI=1S/C21H28N4O3S2/c1-2-8-25-20(27)18-15-5-3-4-6-16(15)30-19(18)23-21(25)29-14-17(26)22-7-9-24-10-12-28-13-11-24/h2H,1,3-14H2,(H,22,26)/p+1. The number of aryl methyl sites for hydroxylation is 2. The summed E-state index contributed by atoms with van der Waals surface area (Å²) in [5.41, 5.74) is 1.19. The first-order chi connectivity index (χ1) is 14.7. The Morgan fingerprint density at radius 1 is 1.33 bits per heavy atom. The average molecular weight is 450 g/mol. The van der Waals surface area contributed by atoms with Gasteiger partial charge in [0.1, 0.15) is 17.9 Å². The first-order valence-corrected chi connectivity index (χ1v) is 12.4. The van der Waals surface area contributed by atoms with E-state index < -0.39 is 0 Å². The van der Waals surface area contributed by atoms with Crippen LogP contribution in [0.3, 0.4) is 0 Å². The van der Waals surface area contributed by atoms with Crippen LogP contribution in [0, 0.1) is 0 Å². The molecule has 30 heavy (non-hydrogen) atoms. The number of nitrogens with one attached hydrogen (secondary N) is 2. The Bertz CT molecular complexity index is 979. The van der Waals surface area contributed by atoms with E-state index in [0.717, 1.165) is 62.3 Å². The second-order valence-corrected chi connectivity index (χ2v) is 9.77. The molecule has 7 nitrogen and oxygen atoms in total. The number of quaternary nitrogens is 1. The zero-order chi connectivity index (χ0) is 20.9. The smallest absolute Gasteiger partial charge is 0.263 e. The van der Waals surface area contributed by atoms with Crippen molar-refractivity contribution in [3.63, 3.8) is 0 Å². The summed E-state index contributed by atoms with van der Waals surface area (Å²) in [7, 11) is 0. The molecule has 1 aliphatic carbocycles. The number of hydrogen-bond donors (Lipinski definition) is 2. The molecule has 0 spiro atoms.